The Bertz CT molecular complexity index is 2760. The maximum absolute atomic E-state index is 15.6. The smallest absolute Gasteiger partial charge is 0.407 e. The molecule has 23 heteroatoms. The molecule has 324 valence electrons. The van der Waals surface area contributed by atoms with Crippen LogP contribution in [0.1, 0.15) is 43.3 Å². The van der Waals surface area contributed by atoms with Gasteiger partial charge in [0.2, 0.25) is 11.9 Å². The minimum atomic E-state index is -4.40. The van der Waals surface area contributed by atoms with E-state index in [9.17, 15) is 39.9 Å². The van der Waals surface area contributed by atoms with Gasteiger partial charge in [-0.2, -0.15) is 19.0 Å². The van der Waals surface area contributed by atoms with Gasteiger partial charge in [0.15, 0.2) is 11.6 Å². The summed E-state index contributed by atoms with van der Waals surface area (Å²) in [5.74, 6) is -3.89. The van der Waals surface area contributed by atoms with Crippen LogP contribution < -0.4 is 5.32 Å². The molecule has 6 aromatic rings. The monoisotopic (exact) mass is 898 g/mol. The number of halogens is 5. The van der Waals surface area contributed by atoms with Gasteiger partial charge in [-0.1, -0.05) is 20.8 Å². The maximum Gasteiger partial charge on any atom is 0.407 e. The topological polar surface area (TPSA) is 192 Å². The number of hydrogen-bond donors (Lipinski definition) is 2. The normalized spacial score (nSPS) is 11.9. The molecule has 6 heterocycles. The number of aromatic nitrogens is 8. The molecule has 6 aromatic heterocycles. The number of rotatable bonds is 11. The largest absolute Gasteiger partial charge is 0.465 e. The molecule has 0 bridgehead atoms. The van der Waals surface area contributed by atoms with Crippen LogP contribution in [0.4, 0.5) is 22.4 Å². The first-order valence-electron chi connectivity index (χ1n) is 17.6. The lowest BCUT2D eigenvalue weighted by Crippen LogP contribution is -2.36. The maximum atomic E-state index is 15.6. The number of carboxylic acid groups (broad SMARTS) is 1. The van der Waals surface area contributed by atoms with Crippen molar-refractivity contribution in [1.29, 1.82) is 0 Å². The molecular weight excluding hydrogens is 856 g/mol. The molecule has 0 aliphatic rings. The van der Waals surface area contributed by atoms with Crippen LogP contribution in [0.25, 0.3) is 22.5 Å². The van der Waals surface area contributed by atoms with Gasteiger partial charge in [-0.05, 0) is 50.6 Å². The quantitative estimate of drug-likeness (QED) is 0.117. The summed E-state index contributed by atoms with van der Waals surface area (Å²) in [6, 6.07) is 5.25. The first-order chi connectivity index (χ1) is 27.5. The van der Waals surface area contributed by atoms with E-state index in [4.69, 9.17) is 0 Å². The molecule has 0 atom stereocenters. The van der Waals surface area contributed by atoms with Gasteiger partial charge in [-0.3, -0.25) is 9.36 Å². The van der Waals surface area contributed by atoms with E-state index in [1.807, 2.05) is 20.8 Å². The number of nitrogens with zero attached hydrogens (tertiary/aromatic N) is 9. The van der Waals surface area contributed by atoms with Crippen LogP contribution in [0.15, 0.2) is 71.2 Å². The Hall–Kier alpha value is -5.58. The van der Waals surface area contributed by atoms with Crippen LogP contribution >= 0.6 is 12.4 Å². The zero-order chi connectivity index (χ0) is 43.8. The summed E-state index contributed by atoms with van der Waals surface area (Å²) in [5.41, 5.74) is -1.46. The van der Waals surface area contributed by atoms with Crippen molar-refractivity contribution < 1.29 is 44.3 Å². The van der Waals surface area contributed by atoms with Gasteiger partial charge < -0.3 is 15.3 Å². The second kappa shape index (κ2) is 18.0. The van der Waals surface area contributed by atoms with Crippen LogP contribution in [0.2, 0.25) is 0 Å². The molecule has 0 fully saturated rings. The highest BCUT2D eigenvalue weighted by Gasteiger charge is 2.33. The molecular formula is C37H43ClF4N10O6S2. The van der Waals surface area contributed by atoms with Gasteiger partial charge >= 0.3 is 6.09 Å². The molecule has 60 heavy (non-hydrogen) atoms. The van der Waals surface area contributed by atoms with E-state index in [-0.39, 0.29) is 57.5 Å². The van der Waals surface area contributed by atoms with Gasteiger partial charge in [0.25, 0.3) is 20.0 Å². The van der Waals surface area contributed by atoms with Crippen molar-refractivity contribution in [1.82, 2.24) is 47.7 Å². The van der Waals surface area contributed by atoms with Crippen LogP contribution in [-0.2, 0) is 47.2 Å². The summed E-state index contributed by atoms with van der Waals surface area (Å²) < 4.78 is 117. The second-order valence-electron chi connectivity index (χ2n) is 14.6. The summed E-state index contributed by atoms with van der Waals surface area (Å²) in [7, 11) is -3.85. The number of aryl methyl sites for hydroxylation is 2. The van der Waals surface area contributed by atoms with Crippen LogP contribution in [0.5, 0.6) is 0 Å². The van der Waals surface area contributed by atoms with E-state index < -0.39 is 73.0 Å². The highest BCUT2D eigenvalue weighted by Crippen LogP contribution is 2.35. The van der Waals surface area contributed by atoms with Crippen molar-refractivity contribution >= 4 is 38.5 Å². The van der Waals surface area contributed by atoms with Gasteiger partial charge in [0, 0.05) is 63.1 Å². The molecule has 6 rings (SSSR count). The number of carbonyl (C=O) groups is 1. The molecule has 0 aromatic carbocycles. The molecule has 0 aliphatic heterocycles. The average Bonchev–Trinajstić information content (AvgIpc) is 3.89. The number of pyridine rings is 2. The van der Waals surface area contributed by atoms with Crippen molar-refractivity contribution in [2.45, 2.75) is 57.5 Å². The highest BCUT2D eigenvalue weighted by molar-refractivity contribution is 7.90. The summed E-state index contributed by atoms with van der Waals surface area (Å²) in [5, 5.41) is 20.2. The fraction of sp³-hybridized carbons (Fsp3) is 0.324. The van der Waals surface area contributed by atoms with Crippen molar-refractivity contribution in [2.24, 2.45) is 19.5 Å². The fourth-order valence-corrected chi connectivity index (χ4v) is 9.24. The van der Waals surface area contributed by atoms with E-state index >= 15 is 4.39 Å². The zero-order valence-corrected chi connectivity index (χ0v) is 36.1. The Balaban J connectivity index is 0.000000267. The Labute approximate surface area is 350 Å². The molecule has 0 saturated carbocycles. The molecule has 0 unspecified atom stereocenters. The minimum absolute atomic E-state index is 0. The highest BCUT2D eigenvalue weighted by atomic mass is 35.5. The van der Waals surface area contributed by atoms with Crippen molar-refractivity contribution in [3.8, 4) is 22.5 Å². The first kappa shape index (κ1) is 47.1. The number of hydrogen-bond acceptors (Lipinski definition) is 10. The Morgan fingerprint density at radius 1 is 0.783 bits per heavy atom. The lowest BCUT2D eigenvalue weighted by molar-refractivity contribution is 0.122. The van der Waals surface area contributed by atoms with E-state index in [1.165, 1.54) is 52.9 Å². The fourth-order valence-electron chi connectivity index (χ4n) is 6.07. The van der Waals surface area contributed by atoms with Crippen LogP contribution in [0, 0.1) is 42.8 Å². The Morgan fingerprint density at radius 2 is 1.20 bits per heavy atom. The Kier molecular flexibility index (Phi) is 14.1. The average molecular weight is 899 g/mol. The van der Waals surface area contributed by atoms with Gasteiger partial charge in [-0.15, -0.1) is 12.4 Å². The number of nitrogens with one attached hydrogen (secondary N) is 1. The molecule has 0 spiro atoms. The van der Waals surface area contributed by atoms with E-state index in [1.54, 1.807) is 28.1 Å². The Morgan fingerprint density at radius 3 is 1.55 bits per heavy atom. The second-order valence-corrected chi connectivity index (χ2v) is 18.2. The number of amides is 1. The molecule has 0 aliphatic carbocycles. The SMILES string of the molecule is CNCc1cn(S(=O)(=O)c2cnn(C)c2C)c(-c2cccnc2F)c1F.Cc1c(S(=O)(=O)n2cc(CN(CC(C)(C)C)C(=O)O)c(F)c2-c2cccnc2F)cnn1C.Cl. The van der Waals surface area contributed by atoms with Crippen molar-refractivity contribution in [2.75, 3.05) is 13.6 Å². The van der Waals surface area contributed by atoms with E-state index in [0.717, 1.165) is 33.7 Å². The third-order valence-corrected chi connectivity index (χ3v) is 12.6. The van der Waals surface area contributed by atoms with Crippen LogP contribution in [-0.4, -0.2) is 84.0 Å². The molecule has 2 N–H and O–H groups in total. The predicted molar refractivity (Wildman–Crippen MR) is 214 cm³/mol. The predicted octanol–water partition coefficient (Wildman–Crippen LogP) is 5.88. The summed E-state index contributed by atoms with van der Waals surface area (Å²) in [6.07, 6.45) is 5.50. The first-order valence-corrected chi connectivity index (χ1v) is 20.5. The summed E-state index contributed by atoms with van der Waals surface area (Å²) in [4.78, 5) is 19.5. The standard InChI is InChI=1S/C21H25F2N5O4S.C16H17F2N5O2S.ClH/c1-13-16(9-25-26(13)5)33(31,32)28-11-14(10-27(20(29)30)12-21(2,3)4)17(22)18(28)15-7-6-8-24-19(15)23;1-10-13(8-21-22(10)3)26(24,25)23-9-11(7-19-2)14(17)15(23)12-5-4-6-20-16(12)18;/h6-9,11H,10,12H2,1-5H3,(H,29,30);4-6,8-9,19H,7H2,1-3H3;1H. The molecule has 0 radical (unpaired) electrons. The van der Waals surface area contributed by atoms with Crippen molar-refractivity contribution in [3.63, 3.8) is 0 Å². The van der Waals surface area contributed by atoms with Gasteiger partial charge in [0.05, 0.1) is 41.5 Å². The van der Waals surface area contributed by atoms with Gasteiger partial charge in [0.1, 0.15) is 21.2 Å². The van der Waals surface area contributed by atoms with Gasteiger partial charge in [-0.25, -0.2) is 48.3 Å². The molecule has 1 amide bonds. The third kappa shape index (κ3) is 9.25. The zero-order valence-electron chi connectivity index (χ0n) is 33.6. The lowest BCUT2D eigenvalue weighted by atomic mass is 9.96. The van der Waals surface area contributed by atoms with E-state index in [0.29, 0.717) is 15.4 Å². The molecule has 0 saturated heterocycles. The summed E-state index contributed by atoms with van der Waals surface area (Å²) >= 11 is 0. The third-order valence-electron chi connectivity index (χ3n) is 9.11. The van der Waals surface area contributed by atoms with Crippen molar-refractivity contribution in [3.05, 3.63) is 107 Å². The van der Waals surface area contributed by atoms with Crippen LogP contribution in [0.3, 0.4) is 0 Å². The molecule has 16 nitrogen and oxygen atoms in total. The van der Waals surface area contributed by atoms with E-state index in [2.05, 4.69) is 25.5 Å². The summed E-state index contributed by atoms with van der Waals surface area (Å²) in [6.45, 7) is 8.28. The lowest BCUT2D eigenvalue weighted by Gasteiger charge is -2.27. The minimum Gasteiger partial charge on any atom is -0.465 e.